The summed E-state index contributed by atoms with van der Waals surface area (Å²) in [6.45, 7) is 11.9. The third-order valence-electron chi connectivity index (χ3n) is 4.00. The Hall–Kier alpha value is -0.0400. The number of hydrogen-bond acceptors (Lipinski definition) is 1. The van der Waals surface area contributed by atoms with E-state index in [-0.39, 0.29) is 0 Å². The summed E-state index contributed by atoms with van der Waals surface area (Å²) in [7, 11) is 0. The van der Waals surface area contributed by atoms with Crippen molar-refractivity contribution in [3.8, 4) is 0 Å². The van der Waals surface area contributed by atoms with Gasteiger partial charge in [-0.2, -0.15) is 0 Å². The van der Waals surface area contributed by atoms with Crippen LogP contribution in [-0.2, 0) is 0 Å². The average molecular weight is 211 g/mol. The highest BCUT2D eigenvalue weighted by Crippen LogP contribution is 2.24. The Morgan fingerprint density at radius 3 is 2.00 bits per heavy atom. The van der Waals surface area contributed by atoms with E-state index in [4.69, 9.17) is 0 Å². The maximum atomic E-state index is 3.69. The molecular weight excluding hydrogens is 182 g/mol. The second kappa shape index (κ2) is 6.52. The summed E-state index contributed by atoms with van der Waals surface area (Å²) >= 11 is 0. The lowest BCUT2D eigenvalue weighted by molar-refractivity contribution is 0.270. The van der Waals surface area contributed by atoms with E-state index in [9.17, 15) is 0 Å². The fourth-order valence-corrected chi connectivity index (χ4v) is 2.91. The minimum atomic E-state index is 0.807. The maximum absolute atomic E-state index is 3.69. The predicted octanol–water partition coefficient (Wildman–Crippen LogP) is 3.69. The molecule has 90 valence electrons. The van der Waals surface area contributed by atoms with Gasteiger partial charge in [0.25, 0.3) is 0 Å². The van der Waals surface area contributed by atoms with Crippen molar-refractivity contribution in [2.24, 2.45) is 23.7 Å². The molecule has 1 heteroatoms. The largest absolute Gasteiger partial charge is 0.316 e. The van der Waals surface area contributed by atoms with E-state index in [0.717, 1.165) is 23.7 Å². The van der Waals surface area contributed by atoms with E-state index in [2.05, 4.69) is 33.0 Å². The van der Waals surface area contributed by atoms with Crippen molar-refractivity contribution in [2.75, 3.05) is 13.1 Å². The van der Waals surface area contributed by atoms with E-state index in [1.165, 1.54) is 38.8 Å². The zero-order chi connectivity index (χ0) is 11.3. The minimum Gasteiger partial charge on any atom is -0.316 e. The summed E-state index contributed by atoms with van der Waals surface area (Å²) in [6, 6.07) is 0. The summed E-state index contributed by atoms with van der Waals surface area (Å²) in [5, 5.41) is 3.69. The van der Waals surface area contributed by atoms with Crippen molar-refractivity contribution >= 4 is 0 Å². The maximum Gasteiger partial charge on any atom is -0.00155 e. The van der Waals surface area contributed by atoms with Gasteiger partial charge in [-0.05, 0) is 49.6 Å². The van der Waals surface area contributed by atoms with Gasteiger partial charge in [-0.25, -0.2) is 0 Å². The standard InChI is InChI=1S/C14H29N/c1-11(2)14(12(3)4)10-15-9-13-7-5-6-8-13/h11-15H,5-10H2,1-4H3. The third-order valence-corrected chi connectivity index (χ3v) is 4.00. The van der Waals surface area contributed by atoms with Crippen molar-refractivity contribution < 1.29 is 0 Å². The van der Waals surface area contributed by atoms with Gasteiger partial charge in [0, 0.05) is 0 Å². The number of nitrogens with one attached hydrogen (secondary N) is 1. The molecule has 0 aromatic rings. The molecule has 1 aliphatic rings. The Bertz CT molecular complexity index is 149. The van der Waals surface area contributed by atoms with Gasteiger partial charge in [0.2, 0.25) is 0 Å². The van der Waals surface area contributed by atoms with Crippen LogP contribution >= 0.6 is 0 Å². The SMILES string of the molecule is CC(C)C(CNCC1CCCC1)C(C)C. The first-order valence-electron chi connectivity index (χ1n) is 6.82. The quantitative estimate of drug-likeness (QED) is 0.706. The van der Waals surface area contributed by atoms with Crippen molar-refractivity contribution in [3.05, 3.63) is 0 Å². The molecule has 1 aliphatic carbocycles. The van der Waals surface area contributed by atoms with E-state index in [0.29, 0.717) is 0 Å². The van der Waals surface area contributed by atoms with E-state index < -0.39 is 0 Å². The van der Waals surface area contributed by atoms with Gasteiger partial charge in [-0.1, -0.05) is 40.5 Å². The lowest BCUT2D eigenvalue weighted by Crippen LogP contribution is -2.32. The summed E-state index contributed by atoms with van der Waals surface area (Å²) in [6.07, 6.45) is 5.84. The first-order chi connectivity index (χ1) is 7.11. The van der Waals surface area contributed by atoms with Crippen LogP contribution in [0.2, 0.25) is 0 Å². The van der Waals surface area contributed by atoms with Gasteiger partial charge in [0.1, 0.15) is 0 Å². The Balaban J connectivity index is 2.15. The topological polar surface area (TPSA) is 12.0 Å². The molecule has 1 nitrogen and oxygen atoms in total. The van der Waals surface area contributed by atoms with Crippen molar-refractivity contribution in [2.45, 2.75) is 53.4 Å². The normalized spacial score (nSPS) is 18.6. The second-order valence-electron chi connectivity index (χ2n) is 5.96. The molecule has 1 saturated carbocycles. The van der Waals surface area contributed by atoms with Gasteiger partial charge in [-0.3, -0.25) is 0 Å². The van der Waals surface area contributed by atoms with Gasteiger partial charge in [-0.15, -0.1) is 0 Å². The summed E-state index contributed by atoms with van der Waals surface area (Å²) in [4.78, 5) is 0. The summed E-state index contributed by atoms with van der Waals surface area (Å²) < 4.78 is 0. The van der Waals surface area contributed by atoms with Crippen LogP contribution in [0.15, 0.2) is 0 Å². The molecule has 1 rings (SSSR count). The molecule has 1 N–H and O–H groups in total. The molecule has 0 spiro atoms. The Morgan fingerprint density at radius 2 is 1.53 bits per heavy atom. The molecule has 0 unspecified atom stereocenters. The highest BCUT2D eigenvalue weighted by Gasteiger charge is 2.18. The van der Waals surface area contributed by atoms with E-state index in [1.54, 1.807) is 0 Å². The van der Waals surface area contributed by atoms with E-state index in [1.807, 2.05) is 0 Å². The van der Waals surface area contributed by atoms with Crippen LogP contribution in [0.1, 0.15) is 53.4 Å². The van der Waals surface area contributed by atoms with Crippen LogP contribution in [0.25, 0.3) is 0 Å². The summed E-state index contributed by atoms with van der Waals surface area (Å²) in [5.74, 6) is 3.43. The minimum absolute atomic E-state index is 0.807. The van der Waals surface area contributed by atoms with Gasteiger partial charge < -0.3 is 5.32 Å². The number of rotatable bonds is 6. The van der Waals surface area contributed by atoms with Crippen LogP contribution in [0.3, 0.4) is 0 Å². The Kier molecular flexibility index (Phi) is 5.66. The molecule has 0 heterocycles. The molecular formula is C14H29N. The van der Waals surface area contributed by atoms with Crippen LogP contribution in [0.4, 0.5) is 0 Å². The molecule has 1 fully saturated rings. The number of hydrogen-bond donors (Lipinski definition) is 1. The first kappa shape index (κ1) is 13.0. The van der Waals surface area contributed by atoms with Gasteiger partial charge >= 0.3 is 0 Å². The zero-order valence-corrected chi connectivity index (χ0v) is 11.1. The molecule has 0 aromatic heterocycles. The van der Waals surface area contributed by atoms with Crippen LogP contribution < -0.4 is 5.32 Å². The van der Waals surface area contributed by atoms with Gasteiger partial charge in [0.05, 0.1) is 0 Å². The van der Waals surface area contributed by atoms with Crippen LogP contribution in [0.5, 0.6) is 0 Å². The lowest BCUT2D eigenvalue weighted by atomic mass is 9.85. The van der Waals surface area contributed by atoms with Crippen LogP contribution in [-0.4, -0.2) is 13.1 Å². The van der Waals surface area contributed by atoms with Crippen molar-refractivity contribution in [1.29, 1.82) is 0 Å². The van der Waals surface area contributed by atoms with E-state index >= 15 is 0 Å². The molecule has 0 bridgehead atoms. The molecule has 15 heavy (non-hydrogen) atoms. The summed E-state index contributed by atoms with van der Waals surface area (Å²) in [5.41, 5.74) is 0. The Labute approximate surface area is 96.0 Å². The highest BCUT2D eigenvalue weighted by molar-refractivity contribution is 4.73. The first-order valence-corrected chi connectivity index (χ1v) is 6.82. The zero-order valence-electron chi connectivity index (χ0n) is 11.1. The molecule has 0 saturated heterocycles. The van der Waals surface area contributed by atoms with Crippen molar-refractivity contribution in [3.63, 3.8) is 0 Å². The lowest BCUT2D eigenvalue weighted by Gasteiger charge is -2.25. The fourth-order valence-electron chi connectivity index (χ4n) is 2.91. The molecule has 0 aliphatic heterocycles. The molecule has 0 amide bonds. The van der Waals surface area contributed by atoms with Crippen molar-refractivity contribution in [1.82, 2.24) is 5.32 Å². The monoisotopic (exact) mass is 211 g/mol. The third kappa shape index (κ3) is 4.55. The molecule has 0 atom stereocenters. The van der Waals surface area contributed by atoms with Crippen LogP contribution in [0, 0.1) is 23.7 Å². The highest BCUT2D eigenvalue weighted by atomic mass is 14.9. The molecule has 0 radical (unpaired) electrons. The smallest absolute Gasteiger partial charge is 0.00155 e. The van der Waals surface area contributed by atoms with Gasteiger partial charge in [0.15, 0.2) is 0 Å². The Morgan fingerprint density at radius 1 is 1.00 bits per heavy atom. The second-order valence-corrected chi connectivity index (χ2v) is 5.96. The predicted molar refractivity (Wildman–Crippen MR) is 68.0 cm³/mol. The fraction of sp³-hybridized carbons (Fsp3) is 1.00. The average Bonchev–Trinajstić information content (AvgIpc) is 2.63. The molecule has 0 aromatic carbocycles.